The van der Waals surface area contributed by atoms with E-state index in [2.05, 4.69) is 0 Å². The lowest BCUT2D eigenvalue weighted by atomic mass is 9.88. The summed E-state index contributed by atoms with van der Waals surface area (Å²) < 4.78 is 15.7. The minimum Gasteiger partial charge on any atom is -0.558 e. The first-order chi connectivity index (χ1) is 8.81. The summed E-state index contributed by atoms with van der Waals surface area (Å²) >= 11 is 0. The lowest BCUT2D eigenvalue weighted by Crippen LogP contribution is -2.19. The Balaban J connectivity index is 1.93. The monoisotopic (exact) mass is 241 g/mol. The summed E-state index contributed by atoms with van der Waals surface area (Å²) in [6.45, 7) is 0. The zero-order valence-corrected chi connectivity index (χ0v) is 10.4. The fraction of sp³-hybridized carbons (Fsp3) is 0.143. The van der Waals surface area contributed by atoms with Gasteiger partial charge in [0.2, 0.25) is 0 Å². The molecule has 1 radical (unpaired) electrons. The first-order valence-corrected chi connectivity index (χ1v) is 5.60. The van der Waals surface area contributed by atoms with Crippen molar-refractivity contribution in [1.29, 1.82) is 0 Å². The van der Waals surface area contributed by atoms with Gasteiger partial charge in [-0.15, -0.1) is 0 Å². The molecule has 0 bridgehead atoms. The largest absolute Gasteiger partial charge is 0.558 e. The first-order valence-electron chi connectivity index (χ1n) is 5.60. The molecular formula is C14H14BO3. The molecule has 0 saturated carbocycles. The Bertz CT molecular complexity index is 432. The molecule has 18 heavy (non-hydrogen) atoms. The zero-order chi connectivity index (χ0) is 12.8. The van der Waals surface area contributed by atoms with Crippen molar-refractivity contribution >= 4 is 12.9 Å². The van der Waals surface area contributed by atoms with E-state index in [-0.39, 0.29) is 0 Å². The Labute approximate surface area is 108 Å². The molecule has 0 unspecified atom stereocenters. The second kappa shape index (κ2) is 6.01. The van der Waals surface area contributed by atoms with Crippen molar-refractivity contribution in [2.75, 3.05) is 14.2 Å². The van der Waals surface area contributed by atoms with Crippen LogP contribution in [-0.2, 0) is 0 Å². The third-order valence-corrected chi connectivity index (χ3v) is 2.51. The molecule has 0 spiro atoms. The molecule has 0 aliphatic rings. The van der Waals surface area contributed by atoms with E-state index in [0.717, 1.165) is 22.7 Å². The van der Waals surface area contributed by atoms with Gasteiger partial charge >= 0.3 is 7.48 Å². The molecule has 0 amide bonds. The Kier molecular flexibility index (Phi) is 4.13. The minimum absolute atomic E-state index is 0.770. The van der Waals surface area contributed by atoms with Gasteiger partial charge in [-0.05, 0) is 41.9 Å². The number of ether oxygens (including phenoxy) is 2. The van der Waals surface area contributed by atoms with E-state index < -0.39 is 0 Å². The molecule has 0 atom stereocenters. The van der Waals surface area contributed by atoms with Gasteiger partial charge in [0.25, 0.3) is 0 Å². The highest BCUT2D eigenvalue weighted by molar-refractivity contribution is 6.47. The smallest absolute Gasteiger partial charge is 0.408 e. The van der Waals surface area contributed by atoms with Crippen LogP contribution in [0.4, 0.5) is 0 Å². The fourth-order valence-electron chi connectivity index (χ4n) is 1.47. The van der Waals surface area contributed by atoms with Crippen LogP contribution in [0.3, 0.4) is 0 Å². The molecule has 0 heterocycles. The van der Waals surface area contributed by atoms with Crippen LogP contribution in [-0.4, -0.2) is 21.7 Å². The van der Waals surface area contributed by atoms with Crippen molar-refractivity contribution < 1.29 is 14.1 Å². The van der Waals surface area contributed by atoms with Gasteiger partial charge in [0, 0.05) is 0 Å². The summed E-state index contributed by atoms with van der Waals surface area (Å²) in [5, 5.41) is 0. The van der Waals surface area contributed by atoms with Gasteiger partial charge in [0.1, 0.15) is 11.5 Å². The van der Waals surface area contributed by atoms with Crippen LogP contribution < -0.4 is 19.6 Å². The second-order valence-corrected chi connectivity index (χ2v) is 3.68. The van der Waals surface area contributed by atoms with Crippen LogP contribution >= 0.6 is 0 Å². The van der Waals surface area contributed by atoms with Crippen molar-refractivity contribution in [2.45, 2.75) is 0 Å². The van der Waals surface area contributed by atoms with Gasteiger partial charge in [0.15, 0.2) is 0 Å². The number of benzene rings is 2. The normalized spacial score (nSPS) is 9.67. The number of hydrogen-bond acceptors (Lipinski definition) is 3. The van der Waals surface area contributed by atoms with E-state index in [9.17, 15) is 0 Å². The van der Waals surface area contributed by atoms with Crippen LogP contribution in [0.25, 0.3) is 0 Å². The maximum absolute atomic E-state index is 5.54. The van der Waals surface area contributed by atoms with Crippen LogP contribution in [0.15, 0.2) is 48.5 Å². The molecule has 0 saturated heterocycles. The van der Waals surface area contributed by atoms with Crippen molar-refractivity contribution in [3.63, 3.8) is 0 Å². The SMILES string of the molecule is COc1ccc([B]Oc2ccc(OC)cc2)cc1. The number of hydrogen-bond donors (Lipinski definition) is 0. The summed E-state index contributed by atoms with van der Waals surface area (Å²) in [5.74, 6) is 2.41. The number of rotatable bonds is 5. The van der Waals surface area contributed by atoms with Crippen molar-refractivity contribution in [2.24, 2.45) is 0 Å². The molecule has 0 aliphatic carbocycles. The molecule has 2 aromatic rings. The molecule has 0 aromatic heterocycles. The van der Waals surface area contributed by atoms with E-state index >= 15 is 0 Å². The van der Waals surface area contributed by atoms with Gasteiger partial charge in [-0.3, -0.25) is 0 Å². The third kappa shape index (κ3) is 3.20. The molecule has 0 N–H and O–H groups in total. The van der Waals surface area contributed by atoms with Gasteiger partial charge in [-0.2, -0.15) is 0 Å². The van der Waals surface area contributed by atoms with Gasteiger partial charge in [-0.25, -0.2) is 0 Å². The van der Waals surface area contributed by atoms with E-state index in [0.29, 0.717) is 0 Å². The Morgan fingerprint density at radius 1 is 0.667 bits per heavy atom. The maximum Gasteiger partial charge on any atom is 0.408 e. The number of methoxy groups -OCH3 is 2. The average Bonchev–Trinajstić information content (AvgIpc) is 2.46. The van der Waals surface area contributed by atoms with Gasteiger partial charge in [-0.1, -0.05) is 12.1 Å². The topological polar surface area (TPSA) is 27.7 Å². The lowest BCUT2D eigenvalue weighted by molar-refractivity contribution is 0.414. The molecule has 4 heteroatoms. The van der Waals surface area contributed by atoms with Crippen LogP contribution in [0, 0.1) is 0 Å². The predicted molar refractivity (Wildman–Crippen MR) is 72.0 cm³/mol. The summed E-state index contributed by atoms with van der Waals surface area (Å²) in [4.78, 5) is 0. The predicted octanol–water partition coefficient (Wildman–Crippen LogP) is 2.03. The quantitative estimate of drug-likeness (QED) is 0.749. The Hall–Kier alpha value is -2.10. The lowest BCUT2D eigenvalue weighted by Gasteiger charge is -2.06. The van der Waals surface area contributed by atoms with Gasteiger partial charge in [0.05, 0.1) is 20.0 Å². The highest BCUT2D eigenvalue weighted by Crippen LogP contribution is 2.16. The van der Waals surface area contributed by atoms with Crippen LogP contribution in [0.1, 0.15) is 0 Å². The average molecular weight is 241 g/mol. The zero-order valence-electron chi connectivity index (χ0n) is 10.4. The molecule has 2 aromatic carbocycles. The third-order valence-electron chi connectivity index (χ3n) is 2.51. The second-order valence-electron chi connectivity index (χ2n) is 3.68. The fourth-order valence-corrected chi connectivity index (χ4v) is 1.47. The minimum atomic E-state index is 0.770. The van der Waals surface area contributed by atoms with Crippen molar-refractivity contribution in [3.05, 3.63) is 48.5 Å². The first kappa shape index (κ1) is 12.4. The van der Waals surface area contributed by atoms with E-state index in [1.54, 1.807) is 21.7 Å². The summed E-state index contributed by atoms with van der Waals surface area (Å²) in [5.41, 5.74) is 0.978. The van der Waals surface area contributed by atoms with Crippen LogP contribution in [0.5, 0.6) is 17.2 Å². The van der Waals surface area contributed by atoms with Crippen molar-refractivity contribution in [3.8, 4) is 17.2 Å². The summed E-state index contributed by atoms with van der Waals surface area (Å²) in [7, 11) is 4.98. The summed E-state index contributed by atoms with van der Waals surface area (Å²) in [6.07, 6.45) is 0. The molecule has 2 rings (SSSR count). The van der Waals surface area contributed by atoms with Crippen molar-refractivity contribution in [1.82, 2.24) is 0 Å². The highest BCUT2D eigenvalue weighted by Gasteiger charge is 2.01. The molecular weight excluding hydrogens is 227 g/mol. The highest BCUT2D eigenvalue weighted by atomic mass is 16.5. The Morgan fingerprint density at radius 2 is 1.11 bits per heavy atom. The summed E-state index contributed by atoms with van der Waals surface area (Å²) in [6, 6.07) is 15.1. The Morgan fingerprint density at radius 3 is 1.61 bits per heavy atom. The molecule has 0 aliphatic heterocycles. The maximum atomic E-state index is 5.54. The standard InChI is InChI=1S/C14H14BO3/c1-16-12-5-3-11(4-6-12)15-18-14-9-7-13(17-2)8-10-14/h3-10H,1-2H3. The van der Waals surface area contributed by atoms with E-state index in [1.165, 1.54) is 0 Å². The van der Waals surface area contributed by atoms with Crippen LogP contribution in [0.2, 0.25) is 0 Å². The van der Waals surface area contributed by atoms with E-state index in [1.807, 2.05) is 48.5 Å². The molecule has 3 nitrogen and oxygen atoms in total. The molecule has 0 fully saturated rings. The molecule has 91 valence electrons. The van der Waals surface area contributed by atoms with E-state index in [4.69, 9.17) is 14.1 Å². The van der Waals surface area contributed by atoms with Gasteiger partial charge < -0.3 is 14.1 Å².